The molecule has 0 aliphatic heterocycles. The second-order valence-electron chi connectivity index (χ2n) is 7.29. The molecule has 4 rings (SSSR count). The van der Waals surface area contributed by atoms with E-state index in [2.05, 4.69) is 20.7 Å². The van der Waals surface area contributed by atoms with Crippen molar-refractivity contribution in [1.29, 1.82) is 0 Å². The van der Waals surface area contributed by atoms with Crippen LogP contribution in [-0.2, 0) is 16.1 Å². The normalized spacial score (nSPS) is 10.6. The molecule has 11 heteroatoms. The van der Waals surface area contributed by atoms with Gasteiger partial charge in [-0.15, -0.1) is 11.3 Å². The predicted molar refractivity (Wildman–Crippen MR) is 128 cm³/mol. The van der Waals surface area contributed by atoms with Gasteiger partial charge in [0.25, 0.3) is 5.91 Å². The summed E-state index contributed by atoms with van der Waals surface area (Å²) in [6, 6.07) is 14.0. The van der Waals surface area contributed by atoms with Gasteiger partial charge in [0, 0.05) is 34.0 Å². The van der Waals surface area contributed by atoms with Gasteiger partial charge in [-0.2, -0.15) is 5.10 Å². The van der Waals surface area contributed by atoms with Crippen LogP contribution in [0.4, 0.5) is 10.8 Å². The van der Waals surface area contributed by atoms with Crippen molar-refractivity contribution >= 4 is 39.9 Å². The standard InChI is InChI=1S/C23H20N6O4S/c24-18-6-4-14(5-7-18)22(33)25-10-20(30)28-23-27-19(13-34-23)16-3-1-2-15(8-16)17-9-26-29(11-17)12-21(31)32/h1-9,11,13H,10,12,24H2,(H,25,33)(H,31,32)(H,27,28,30). The van der Waals surface area contributed by atoms with E-state index in [4.69, 9.17) is 10.8 Å². The first kappa shape index (κ1) is 22.7. The second-order valence-corrected chi connectivity index (χ2v) is 8.15. The number of hydrogen-bond acceptors (Lipinski definition) is 7. The van der Waals surface area contributed by atoms with Gasteiger partial charge in [-0.3, -0.25) is 19.1 Å². The molecule has 0 spiro atoms. The van der Waals surface area contributed by atoms with Crippen LogP contribution in [-0.4, -0.2) is 44.2 Å². The molecule has 2 aromatic carbocycles. The van der Waals surface area contributed by atoms with Crippen molar-refractivity contribution < 1.29 is 19.5 Å². The van der Waals surface area contributed by atoms with Gasteiger partial charge in [0.05, 0.1) is 18.4 Å². The predicted octanol–water partition coefficient (Wildman–Crippen LogP) is 2.71. The van der Waals surface area contributed by atoms with Crippen molar-refractivity contribution in [3.8, 4) is 22.4 Å². The van der Waals surface area contributed by atoms with Crippen LogP contribution in [0, 0.1) is 0 Å². The van der Waals surface area contributed by atoms with E-state index < -0.39 is 11.9 Å². The van der Waals surface area contributed by atoms with Crippen LogP contribution in [0.1, 0.15) is 10.4 Å². The Hall–Kier alpha value is -4.51. The Labute approximate surface area is 198 Å². The number of nitrogens with two attached hydrogens (primary N) is 1. The lowest BCUT2D eigenvalue weighted by atomic mass is 10.1. The first-order valence-corrected chi connectivity index (χ1v) is 11.0. The van der Waals surface area contributed by atoms with E-state index in [9.17, 15) is 14.4 Å². The molecule has 34 heavy (non-hydrogen) atoms. The van der Waals surface area contributed by atoms with Crippen LogP contribution in [0.2, 0.25) is 0 Å². The molecule has 0 saturated heterocycles. The third-order valence-corrected chi connectivity index (χ3v) is 5.51. The fourth-order valence-corrected chi connectivity index (χ4v) is 3.86. The summed E-state index contributed by atoms with van der Waals surface area (Å²) in [5.41, 5.74) is 9.71. The van der Waals surface area contributed by atoms with E-state index in [1.54, 1.807) is 36.7 Å². The van der Waals surface area contributed by atoms with Crippen LogP contribution in [0.25, 0.3) is 22.4 Å². The Balaban J connectivity index is 1.37. The summed E-state index contributed by atoms with van der Waals surface area (Å²) in [4.78, 5) is 39.7. The molecule has 0 saturated carbocycles. The number of benzene rings is 2. The summed E-state index contributed by atoms with van der Waals surface area (Å²) < 4.78 is 1.35. The first-order valence-electron chi connectivity index (χ1n) is 10.1. The highest BCUT2D eigenvalue weighted by Gasteiger charge is 2.12. The van der Waals surface area contributed by atoms with Crippen molar-refractivity contribution in [2.45, 2.75) is 6.54 Å². The molecular formula is C23H20N6O4S. The highest BCUT2D eigenvalue weighted by Crippen LogP contribution is 2.28. The highest BCUT2D eigenvalue weighted by molar-refractivity contribution is 7.14. The van der Waals surface area contributed by atoms with Crippen molar-refractivity contribution in [3.05, 3.63) is 71.9 Å². The SMILES string of the molecule is Nc1ccc(C(=O)NCC(=O)Nc2nc(-c3cccc(-c4cnn(CC(=O)O)c4)c3)cs2)cc1. The Morgan fingerprint density at radius 2 is 1.82 bits per heavy atom. The van der Waals surface area contributed by atoms with E-state index in [1.165, 1.54) is 16.0 Å². The number of nitrogen functional groups attached to an aromatic ring is 1. The zero-order valence-corrected chi connectivity index (χ0v) is 18.6. The van der Waals surface area contributed by atoms with E-state index in [0.717, 1.165) is 16.7 Å². The van der Waals surface area contributed by atoms with E-state index in [0.29, 0.717) is 22.1 Å². The van der Waals surface area contributed by atoms with Gasteiger partial charge in [-0.05, 0) is 35.9 Å². The average molecular weight is 477 g/mol. The number of carbonyl (C=O) groups excluding carboxylic acids is 2. The number of amides is 2. The van der Waals surface area contributed by atoms with Crippen LogP contribution in [0.5, 0.6) is 0 Å². The Morgan fingerprint density at radius 3 is 2.59 bits per heavy atom. The van der Waals surface area contributed by atoms with Crippen molar-refractivity contribution in [3.63, 3.8) is 0 Å². The maximum Gasteiger partial charge on any atom is 0.325 e. The molecule has 10 nitrogen and oxygen atoms in total. The number of rotatable bonds is 8. The van der Waals surface area contributed by atoms with Gasteiger partial charge < -0.3 is 21.5 Å². The molecule has 0 aliphatic carbocycles. The van der Waals surface area contributed by atoms with Crippen LogP contribution in [0.15, 0.2) is 66.3 Å². The average Bonchev–Trinajstić information content (AvgIpc) is 3.47. The number of carboxylic acid groups (broad SMARTS) is 1. The monoisotopic (exact) mass is 476 g/mol. The highest BCUT2D eigenvalue weighted by atomic mass is 32.1. The largest absolute Gasteiger partial charge is 0.480 e. The third kappa shape index (κ3) is 5.64. The lowest BCUT2D eigenvalue weighted by molar-refractivity contribution is -0.137. The molecule has 0 aliphatic rings. The lowest BCUT2D eigenvalue weighted by Crippen LogP contribution is -2.32. The Morgan fingerprint density at radius 1 is 1.06 bits per heavy atom. The smallest absolute Gasteiger partial charge is 0.325 e. The Kier molecular flexibility index (Phi) is 6.64. The number of anilines is 2. The minimum Gasteiger partial charge on any atom is -0.480 e. The lowest BCUT2D eigenvalue weighted by Gasteiger charge is -2.05. The van der Waals surface area contributed by atoms with Crippen LogP contribution < -0.4 is 16.4 Å². The molecule has 4 aromatic rings. The summed E-state index contributed by atoms with van der Waals surface area (Å²) in [6.45, 7) is -0.413. The minimum absolute atomic E-state index is 0.200. The van der Waals surface area contributed by atoms with Gasteiger partial charge in [0.15, 0.2) is 5.13 Å². The number of hydrogen-bond donors (Lipinski definition) is 4. The molecule has 0 unspecified atom stereocenters. The zero-order valence-electron chi connectivity index (χ0n) is 17.8. The fraction of sp³-hybridized carbons (Fsp3) is 0.0870. The van der Waals surface area contributed by atoms with Gasteiger partial charge in [0.2, 0.25) is 5.91 Å². The quantitative estimate of drug-likeness (QED) is 0.285. The molecule has 2 aromatic heterocycles. The van der Waals surface area contributed by atoms with Gasteiger partial charge in [-0.25, -0.2) is 4.98 Å². The van der Waals surface area contributed by atoms with Crippen molar-refractivity contribution in [2.75, 3.05) is 17.6 Å². The maximum atomic E-state index is 12.2. The molecule has 0 radical (unpaired) electrons. The van der Waals surface area contributed by atoms with Gasteiger partial charge in [0.1, 0.15) is 6.54 Å². The first-order chi connectivity index (χ1) is 16.4. The number of aliphatic carboxylic acids is 1. The number of aromatic nitrogens is 3. The summed E-state index contributed by atoms with van der Waals surface area (Å²) in [6.07, 6.45) is 3.27. The molecule has 2 amide bonds. The number of carbonyl (C=O) groups is 3. The minimum atomic E-state index is -0.967. The molecular weight excluding hydrogens is 456 g/mol. The second kappa shape index (κ2) is 9.96. The van der Waals surface area contributed by atoms with Gasteiger partial charge >= 0.3 is 5.97 Å². The number of thiazole rings is 1. The molecule has 0 atom stereocenters. The van der Waals surface area contributed by atoms with Crippen LogP contribution in [0.3, 0.4) is 0 Å². The maximum absolute atomic E-state index is 12.2. The fourth-order valence-electron chi connectivity index (χ4n) is 3.12. The number of carboxylic acids is 1. The molecule has 0 bridgehead atoms. The summed E-state index contributed by atoms with van der Waals surface area (Å²) in [5, 5.41) is 20.4. The number of nitrogens with zero attached hydrogens (tertiary/aromatic N) is 3. The van der Waals surface area contributed by atoms with Gasteiger partial charge in [-0.1, -0.05) is 18.2 Å². The van der Waals surface area contributed by atoms with Crippen LogP contribution >= 0.6 is 11.3 Å². The molecule has 0 fully saturated rings. The molecule has 2 heterocycles. The number of nitrogens with one attached hydrogen (secondary N) is 2. The van der Waals surface area contributed by atoms with E-state index >= 15 is 0 Å². The third-order valence-electron chi connectivity index (χ3n) is 4.76. The summed E-state index contributed by atoms with van der Waals surface area (Å²) in [7, 11) is 0. The summed E-state index contributed by atoms with van der Waals surface area (Å²) in [5.74, 6) is -1.74. The Bertz CT molecular complexity index is 1350. The van der Waals surface area contributed by atoms with E-state index in [-0.39, 0.29) is 19.0 Å². The van der Waals surface area contributed by atoms with Crippen molar-refractivity contribution in [1.82, 2.24) is 20.1 Å². The van der Waals surface area contributed by atoms with Crippen molar-refractivity contribution in [2.24, 2.45) is 0 Å². The molecule has 5 N–H and O–H groups in total. The zero-order chi connectivity index (χ0) is 24.1. The summed E-state index contributed by atoms with van der Waals surface area (Å²) >= 11 is 1.27. The molecule has 172 valence electrons. The van der Waals surface area contributed by atoms with E-state index in [1.807, 2.05) is 29.6 Å². The topological polar surface area (TPSA) is 152 Å².